The largest absolute Gasteiger partial charge is 0.481 e. The lowest BCUT2D eigenvalue weighted by molar-refractivity contribution is 0.202. The Morgan fingerprint density at radius 2 is 2.17 bits per heavy atom. The number of fused-ring (bicyclic) bond motifs is 1. The molecule has 3 aromatic rings. The van der Waals surface area contributed by atoms with E-state index in [1.807, 2.05) is 18.2 Å². The van der Waals surface area contributed by atoms with Crippen molar-refractivity contribution in [2.75, 3.05) is 18.6 Å². The lowest BCUT2D eigenvalue weighted by Gasteiger charge is -2.16. The minimum Gasteiger partial charge on any atom is -0.481 e. The molecule has 118 valence electrons. The number of nitrogens with zero attached hydrogens (tertiary/aromatic N) is 3. The molecule has 0 bridgehead atoms. The van der Waals surface area contributed by atoms with Crippen molar-refractivity contribution in [2.45, 2.75) is 6.92 Å². The number of carbonyl (C=O) groups is 1. The molecule has 0 aliphatic carbocycles. The van der Waals surface area contributed by atoms with E-state index in [2.05, 4.69) is 9.97 Å². The van der Waals surface area contributed by atoms with E-state index in [4.69, 9.17) is 4.74 Å². The molecule has 2 heterocycles. The van der Waals surface area contributed by atoms with Gasteiger partial charge in [-0.05, 0) is 31.2 Å². The summed E-state index contributed by atoms with van der Waals surface area (Å²) in [6, 6.07) is 9.16. The van der Waals surface area contributed by atoms with Crippen molar-refractivity contribution in [3.05, 3.63) is 36.5 Å². The first-order valence-electron chi connectivity index (χ1n) is 7.04. The predicted molar refractivity (Wildman–Crippen MR) is 90.4 cm³/mol. The van der Waals surface area contributed by atoms with Crippen LogP contribution in [0.3, 0.4) is 0 Å². The summed E-state index contributed by atoms with van der Waals surface area (Å²) in [7, 11) is 1.57. The predicted octanol–water partition coefficient (Wildman–Crippen LogP) is 3.87. The summed E-state index contributed by atoms with van der Waals surface area (Å²) in [5.74, 6) is 0.553. The minimum absolute atomic E-state index is 0.398. The normalized spacial score (nSPS) is 10.7. The number of carboxylic acid groups (broad SMARTS) is 1. The average molecular weight is 329 g/mol. The van der Waals surface area contributed by atoms with Crippen molar-refractivity contribution in [1.82, 2.24) is 9.97 Å². The van der Waals surface area contributed by atoms with E-state index in [1.165, 1.54) is 16.2 Å². The van der Waals surface area contributed by atoms with Crippen molar-refractivity contribution < 1.29 is 14.6 Å². The number of ether oxygens (including phenoxy) is 1. The van der Waals surface area contributed by atoms with Gasteiger partial charge in [-0.25, -0.2) is 14.8 Å². The summed E-state index contributed by atoms with van der Waals surface area (Å²) in [4.78, 5) is 21.3. The van der Waals surface area contributed by atoms with E-state index in [0.29, 0.717) is 18.1 Å². The average Bonchev–Trinajstić information content (AvgIpc) is 2.98. The molecular weight excluding hydrogens is 314 g/mol. The Kier molecular flexibility index (Phi) is 4.12. The Morgan fingerprint density at radius 3 is 2.78 bits per heavy atom. The number of amides is 1. The summed E-state index contributed by atoms with van der Waals surface area (Å²) < 4.78 is 5.99. The second kappa shape index (κ2) is 6.21. The monoisotopic (exact) mass is 329 g/mol. The van der Waals surface area contributed by atoms with Crippen LogP contribution in [0.5, 0.6) is 5.88 Å². The van der Waals surface area contributed by atoms with Crippen LogP contribution >= 0.6 is 11.3 Å². The zero-order chi connectivity index (χ0) is 16.4. The van der Waals surface area contributed by atoms with Gasteiger partial charge in [0.15, 0.2) is 0 Å². The maximum absolute atomic E-state index is 11.2. The number of anilines is 1. The molecule has 0 spiro atoms. The number of hydrogen-bond acceptors (Lipinski definition) is 5. The molecular formula is C16H15N3O3S. The zero-order valence-corrected chi connectivity index (χ0v) is 13.5. The molecule has 3 rings (SSSR count). The number of pyridine rings is 1. The maximum Gasteiger partial charge on any atom is 0.411 e. The number of thiazole rings is 1. The van der Waals surface area contributed by atoms with Gasteiger partial charge in [-0.1, -0.05) is 0 Å². The molecule has 0 aliphatic rings. The van der Waals surface area contributed by atoms with Gasteiger partial charge in [-0.2, -0.15) is 0 Å². The molecule has 1 amide bonds. The molecule has 0 radical (unpaired) electrons. The van der Waals surface area contributed by atoms with Crippen LogP contribution in [0.15, 0.2) is 36.5 Å². The van der Waals surface area contributed by atoms with Gasteiger partial charge < -0.3 is 9.84 Å². The van der Waals surface area contributed by atoms with Crippen molar-refractivity contribution >= 4 is 33.3 Å². The number of hydrogen-bond donors (Lipinski definition) is 1. The van der Waals surface area contributed by atoms with Gasteiger partial charge in [-0.15, -0.1) is 11.3 Å². The molecule has 2 aromatic heterocycles. The highest BCUT2D eigenvalue weighted by molar-refractivity contribution is 7.21. The summed E-state index contributed by atoms with van der Waals surface area (Å²) in [5.41, 5.74) is 2.39. The summed E-state index contributed by atoms with van der Waals surface area (Å²) in [6.45, 7) is 2.20. The van der Waals surface area contributed by atoms with Gasteiger partial charge in [0.25, 0.3) is 0 Å². The summed E-state index contributed by atoms with van der Waals surface area (Å²) >= 11 is 1.51. The minimum atomic E-state index is -0.962. The molecule has 1 aromatic carbocycles. The van der Waals surface area contributed by atoms with Crippen LogP contribution in [-0.4, -0.2) is 34.8 Å². The molecule has 7 heteroatoms. The topological polar surface area (TPSA) is 75.6 Å². The van der Waals surface area contributed by atoms with Crippen LogP contribution in [-0.2, 0) is 0 Å². The van der Waals surface area contributed by atoms with E-state index >= 15 is 0 Å². The quantitative estimate of drug-likeness (QED) is 0.786. The van der Waals surface area contributed by atoms with E-state index in [9.17, 15) is 9.90 Å². The Hall–Kier alpha value is -2.67. The van der Waals surface area contributed by atoms with Crippen LogP contribution < -0.4 is 9.64 Å². The van der Waals surface area contributed by atoms with Gasteiger partial charge in [0.2, 0.25) is 5.88 Å². The van der Waals surface area contributed by atoms with Crippen LogP contribution in [0.1, 0.15) is 6.92 Å². The molecule has 0 saturated carbocycles. The maximum atomic E-state index is 11.2. The Bertz CT molecular complexity index is 845. The second-order valence-electron chi connectivity index (χ2n) is 4.79. The highest BCUT2D eigenvalue weighted by atomic mass is 32.1. The fourth-order valence-electron chi connectivity index (χ4n) is 2.26. The molecule has 0 saturated heterocycles. The Balaban J connectivity index is 1.99. The van der Waals surface area contributed by atoms with Crippen molar-refractivity contribution in [3.8, 4) is 16.5 Å². The Morgan fingerprint density at radius 1 is 1.35 bits per heavy atom. The SMILES string of the molecule is CCN(C(=O)O)c1ccc2nc(-c3ccc(OC)nc3)sc2c1. The second-order valence-corrected chi connectivity index (χ2v) is 5.82. The van der Waals surface area contributed by atoms with Crippen LogP contribution in [0.4, 0.5) is 10.5 Å². The van der Waals surface area contributed by atoms with Crippen LogP contribution in [0, 0.1) is 0 Å². The van der Waals surface area contributed by atoms with Gasteiger partial charge in [0.05, 0.1) is 17.3 Å². The standard InChI is InChI=1S/C16H15N3O3S/c1-3-19(16(20)21)11-5-6-12-13(8-11)23-15(18-12)10-4-7-14(22-2)17-9-10/h4-9H,3H2,1-2H3,(H,20,21). The molecule has 0 atom stereocenters. The van der Waals surface area contributed by atoms with Gasteiger partial charge >= 0.3 is 6.09 Å². The first kappa shape index (κ1) is 15.2. The molecule has 1 N–H and O–H groups in total. The third-order valence-electron chi connectivity index (χ3n) is 3.42. The molecule has 0 unspecified atom stereocenters. The van der Waals surface area contributed by atoms with E-state index in [0.717, 1.165) is 20.8 Å². The fourth-order valence-corrected chi connectivity index (χ4v) is 3.25. The summed E-state index contributed by atoms with van der Waals surface area (Å²) in [5, 5.41) is 10.1. The third-order valence-corrected chi connectivity index (χ3v) is 4.49. The van der Waals surface area contributed by atoms with E-state index < -0.39 is 6.09 Å². The van der Waals surface area contributed by atoms with Crippen molar-refractivity contribution in [1.29, 1.82) is 0 Å². The highest BCUT2D eigenvalue weighted by Gasteiger charge is 2.14. The van der Waals surface area contributed by atoms with Crippen LogP contribution in [0.2, 0.25) is 0 Å². The van der Waals surface area contributed by atoms with Crippen molar-refractivity contribution in [3.63, 3.8) is 0 Å². The lowest BCUT2D eigenvalue weighted by Crippen LogP contribution is -2.28. The lowest BCUT2D eigenvalue weighted by atomic mass is 10.2. The van der Waals surface area contributed by atoms with Gasteiger partial charge in [0, 0.05) is 30.1 Å². The molecule has 23 heavy (non-hydrogen) atoms. The van der Waals surface area contributed by atoms with E-state index in [1.54, 1.807) is 32.4 Å². The number of aromatic nitrogens is 2. The summed E-state index contributed by atoms with van der Waals surface area (Å²) in [6.07, 6.45) is 0.753. The third kappa shape index (κ3) is 2.95. The van der Waals surface area contributed by atoms with E-state index in [-0.39, 0.29) is 0 Å². The molecule has 0 aliphatic heterocycles. The smallest absolute Gasteiger partial charge is 0.411 e. The number of methoxy groups -OCH3 is 1. The molecule has 6 nitrogen and oxygen atoms in total. The fraction of sp³-hybridized carbons (Fsp3) is 0.188. The first-order chi connectivity index (χ1) is 11.1. The van der Waals surface area contributed by atoms with Gasteiger partial charge in [-0.3, -0.25) is 4.90 Å². The molecule has 0 fully saturated rings. The van der Waals surface area contributed by atoms with Crippen LogP contribution in [0.25, 0.3) is 20.8 Å². The van der Waals surface area contributed by atoms with Gasteiger partial charge in [0.1, 0.15) is 5.01 Å². The first-order valence-corrected chi connectivity index (χ1v) is 7.85. The highest BCUT2D eigenvalue weighted by Crippen LogP contribution is 2.32. The number of rotatable bonds is 4. The number of benzene rings is 1. The Labute approximate surface area is 137 Å². The van der Waals surface area contributed by atoms with Crippen molar-refractivity contribution in [2.24, 2.45) is 0 Å². The zero-order valence-electron chi connectivity index (χ0n) is 12.7.